The minimum Gasteiger partial charge on any atom is -0.316 e. The first-order valence-corrected chi connectivity index (χ1v) is 9.10. The first-order chi connectivity index (χ1) is 9.94. The van der Waals surface area contributed by atoms with Gasteiger partial charge in [0.2, 0.25) is 10.0 Å². The van der Waals surface area contributed by atoms with E-state index in [0.717, 1.165) is 16.0 Å². The highest BCUT2D eigenvalue weighted by atomic mass is 32.2. The molecule has 1 heterocycles. The molecule has 1 unspecified atom stereocenters. The average molecular weight is 324 g/mol. The zero-order valence-electron chi connectivity index (χ0n) is 12.4. The molecule has 0 aliphatic rings. The lowest BCUT2D eigenvalue weighted by atomic mass is 10.1. The minimum absolute atomic E-state index is 0.234. The molecule has 21 heavy (non-hydrogen) atoms. The molecule has 0 aliphatic heterocycles. The van der Waals surface area contributed by atoms with E-state index in [2.05, 4.69) is 10.0 Å². The smallest absolute Gasteiger partial charge is 0.241 e. The van der Waals surface area contributed by atoms with Crippen molar-refractivity contribution in [1.82, 2.24) is 10.0 Å². The molecule has 114 valence electrons. The van der Waals surface area contributed by atoms with Crippen LogP contribution in [0.15, 0.2) is 40.6 Å². The van der Waals surface area contributed by atoms with Crippen LogP contribution < -0.4 is 10.0 Å². The van der Waals surface area contributed by atoms with Crippen LogP contribution in [0.1, 0.15) is 29.0 Å². The van der Waals surface area contributed by atoms with Crippen molar-refractivity contribution < 1.29 is 8.42 Å². The van der Waals surface area contributed by atoms with Crippen molar-refractivity contribution in [2.75, 3.05) is 7.05 Å². The Hall–Kier alpha value is -1.21. The number of thiophene rings is 1. The van der Waals surface area contributed by atoms with Crippen molar-refractivity contribution in [3.8, 4) is 0 Å². The topological polar surface area (TPSA) is 58.2 Å². The monoisotopic (exact) mass is 324 g/mol. The predicted molar refractivity (Wildman–Crippen MR) is 87.0 cm³/mol. The predicted octanol–water partition coefficient (Wildman–Crippen LogP) is 2.82. The molecule has 4 nitrogen and oxygen atoms in total. The molecule has 2 rings (SSSR count). The van der Waals surface area contributed by atoms with Gasteiger partial charge in [0.05, 0.1) is 10.9 Å². The Labute approximate surface area is 130 Å². The van der Waals surface area contributed by atoms with Crippen LogP contribution in [-0.2, 0) is 16.6 Å². The summed E-state index contributed by atoms with van der Waals surface area (Å²) in [6.45, 7) is 4.31. The fourth-order valence-electron chi connectivity index (χ4n) is 2.14. The van der Waals surface area contributed by atoms with Gasteiger partial charge in [0, 0.05) is 11.4 Å². The molecule has 1 atom stereocenters. The summed E-state index contributed by atoms with van der Waals surface area (Å²) in [5, 5.41) is 4.98. The van der Waals surface area contributed by atoms with E-state index < -0.39 is 10.0 Å². The summed E-state index contributed by atoms with van der Waals surface area (Å²) in [6, 6.07) is 9.13. The van der Waals surface area contributed by atoms with E-state index in [-0.39, 0.29) is 6.04 Å². The van der Waals surface area contributed by atoms with Gasteiger partial charge in [-0.3, -0.25) is 0 Å². The molecule has 0 spiro atoms. The van der Waals surface area contributed by atoms with Gasteiger partial charge < -0.3 is 5.32 Å². The normalized spacial score (nSPS) is 13.3. The SMILES string of the molecule is CNCc1ccc(C)c(S(=O)(=O)NC(C)c2cccs2)c1. The van der Waals surface area contributed by atoms with Crippen molar-refractivity contribution in [1.29, 1.82) is 0 Å². The number of benzene rings is 1. The molecular weight excluding hydrogens is 304 g/mol. The van der Waals surface area contributed by atoms with Gasteiger partial charge in [-0.15, -0.1) is 11.3 Å². The minimum atomic E-state index is -3.53. The molecule has 0 aliphatic carbocycles. The number of nitrogens with one attached hydrogen (secondary N) is 2. The van der Waals surface area contributed by atoms with Gasteiger partial charge in [-0.2, -0.15) is 0 Å². The molecule has 2 N–H and O–H groups in total. The molecule has 0 saturated carbocycles. The third-order valence-electron chi connectivity index (χ3n) is 3.22. The van der Waals surface area contributed by atoms with Crippen LogP contribution in [-0.4, -0.2) is 15.5 Å². The maximum absolute atomic E-state index is 12.6. The first-order valence-electron chi connectivity index (χ1n) is 6.74. The summed E-state index contributed by atoms with van der Waals surface area (Å²) in [4.78, 5) is 1.35. The lowest BCUT2D eigenvalue weighted by Gasteiger charge is -2.15. The van der Waals surface area contributed by atoms with Crippen LogP contribution in [0.5, 0.6) is 0 Å². The highest BCUT2D eigenvalue weighted by molar-refractivity contribution is 7.89. The number of hydrogen-bond acceptors (Lipinski definition) is 4. The van der Waals surface area contributed by atoms with Gasteiger partial charge in [-0.05, 0) is 49.5 Å². The number of rotatable bonds is 6. The molecule has 6 heteroatoms. The Balaban J connectivity index is 2.28. The second-order valence-electron chi connectivity index (χ2n) is 4.99. The zero-order chi connectivity index (χ0) is 15.5. The maximum Gasteiger partial charge on any atom is 0.241 e. The fourth-order valence-corrected chi connectivity index (χ4v) is 4.47. The van der Waals surface area contributed by atoms with Crippen molar-refractivity contribution >= 4 is 21.4 Å². The Morgan fingerprint density at radius 1 is 1.29 bits per heavy atom. The zero-order valence-corrected chi connectivity index (χ0v) is 14.0. The van der Waals surface area contributed by atoms with Gasteiger partial charge in [0.25, 0.3) is 0 Å². The Bertz CT molecular complexity index is 694. The van der Waals surface area contributed by atoms with E-state index in [1.165, 1.54) is 0 Å². The van der Waals surface area contributed by atoms with Crippen LogP contribution in [0.3, 0.4) is 0 Å². The number of hydrogen-bond donors (Lipinski definition) is 2. The molecule has 0 fully saturated rings. The van der Waals surface area contributed by atoms with Crippen molar-refractivity contribution in [2.45, 2.75) is 31.3 Å². The highest BCUT2D eigenvalue weighted by Gasteiger charge is 2.21. The molecule has 2 aromatic rings. The van der Waals surface area contributed by atoms with E-state index in [0.29, 0.717) is 11.4 Å². The van der Waals surface area contributed by atoms with Gasteiger partial charge in [-0.25, -0.2) is 13.1 Å². The number of sulfonamides is 1. The van der Waals surface area contributed by atoms with Crippen molar-refractivity contribution in [2.24, 2.45) is 0 Å². The van der Waals surface area contributed by atoms with E-state index in [4.69, 9.17) is 0 Å². The summed E-state index contributed by atoms with van der Waals surface area (Å²) < 4.78 is 27.9. The van der Waals surface area contributed by atoms with E-state index in [9.17, 15) is 8.42 Å². The van der Waals surface area contributed by atoms with E-state index in [1.54, 1.807) is 17.4 Å². The van der Waals surface area contributed by atoms with Gasteiger partial charge in [-0.1, -0.05) is 18.2 Å². The second-order valence-corrected chi connectivity index (χ2v) is 7.65. The summed E-state index contributed by atoms with van der Waals surface area (Å²) in [7, 11) is -1.69. The molecule has 0 saturated heterocycles. The van der Waals surface area contributed by atoms with Crippen LogP contribution in [0.4, 0.5) is 0 Å². The summed E-state index contributed by atoms with van der Waals surface area (Å²) >= 11 is 1.55. The largest absolute Gasteiger partial charge is 0.316 e. The number of aryl methyl sites for hydroxylation is 1. The molecule has 0 bridgehead atoms. The Morgan fingerprint density at radius 3 is 2.67 bits per heavy atom. The highest BCUT2D eigenvalue weighted by Crippen LogP contribution is 2.23. The fraction of sp³-hybridized carbons (Fsp3) is 0.333. The van der Waals surface area contributed by atoms with Crippen molar-refractivity contribution in [3.05, 3.63) is 51.7 Å². The third kappa shape index (κ3) is 3.91. The van der Waals surface area contributed by atoms with Crippen LogP contribution in [0.2, 0.25) is 0 Å². The lowest BCUT2D eigenvalue weighted by molar-refractivity contribution is 0.567. The second kappa shape index (κ2) is 6.70. The third-order valence-corrected chi connectivity index (χ3v) is 5.96. The molecule has 1 aromatic carbocycles. The molecule has 0 radical (unpaired) electrons. The standard InChI is InChI=1S/C15H20N2O2S2/c1-11-6-7-13(10-16-3)9-15(11)21(18,19)17-12(2)14-5-4-8-20-14/h4-9,12,16-17H,10H2,1-3H3. The molecule has 0 amide bonds. The van der Waals surface area contributed by atoms with Crippen LogP contribution in [0, 0.1) is 6.92 Å². The van der Waals surface area contributed by atoms with Gasteiger partial charge >= 0.3 is 0 Å². The maximum atomic E-state index is 12.6. The van der Waals surface area contributed by atoms with Gasteiger partial charge in [0.15, 0.2) is 0 Å². The van der Waals surface area contributed by atoms with E-state index >= 15 is 0 Å². The Morgan fingerprint density at radius 2 is 2.05 bits per heavy atom. The summed E-state index contributed by atoms with van der Waals surface area (Å²) in [6.07, 6.45) is 0. The average Bonchev–Trinajstić information content (AvgIpc) is 2.94. The summed E-state index contributed by atoms with van der Waals surface area (Å²) in [5.41, 5.74) is 1.70. The first kappa shape index (κ1) is 16.2. The molecular formula is C15H20N2O2S2. The van der Waals surface area contributed by atoms with Crippen LogP contribution in [0.25, 0.3) is 0 Å². The Kier molecular flexibility index (Phi) is 5.16. The lowest BCUT2D eigenvalue weighted by Crippen LogP contribution is -2.27. The molecule has 1 aromatic heterocycles. The van der Waals surface area contributed by atoms with E-state index in [1.807, 2.05) is 50.5 Å². The summed E-state index contributed by atoms with van der Waals surface area (Å²) in [5.74, 6) is 0. The van der Waals surface area contributed by atoms with Gasteiger partial charge in [0.1, 0.15) is 0 Å². The quantitative estimate of drug-likeness (QED) is 0.859. The van der Waals surface area contributed by atoms with Crippen LogP contribution >= 0.6 is 11.3 Å². The van der Waals surface area contributed by atoms with Crippen molar-refractivity contribution in [3.63, 3.8) is 0 Å².